The fourth-order valence-electron chi connectivity index (χ4n) is 1.13. The van der Waals surface area contributed by atoms with E-state index < -0.39 is 0 Å². The first-order chi connectivity index (χ1) is 6.83. The van der Waals surface area contributed by atoms with Crippen molar-refractivity contribution in [3.05, 3.63) is 35.9 Å². The summed E-state index contributed by atoms with van der Waals surface area (Å²) in [6.07, 6.45) is 1.39. The van der Waals surface area contributed by atoms with Crippen molar-refractivity contribution in [3.63, 3.8) is 0 Å². The Balaban J connectivity index is 2.13. The third kappa shape index (κ3) is 4.47. The molecule has 1 aromatic rings. The van der Waals surface area contributed by atoms with Crippen molar-refractivity contribution in [1.82, 2.24) is 0 Å². The Morgan fingerprint density at radius 3 is 2.64 bits per heavy atom. The first-order valence-electron chi connectivity index (χ1n) is 4.96. The molecule has 0 heterocycles. The molecule has 0 bridgehead atoms. The van der Waals surface area contributed by atoms with Crippen molar-refractivity contribution < 1.29 is 4.79 Å². The monoisotopic (exact) mass is 208 g/mol. The number of benzene rings is 1. The molecule has 2 heteroatoms. The molecule has 76 valence electrons. The van der Waals surface area contributed by atoms with Gasteiger partial charge in [-0.1, -0.05) is 37.3 Å². The normalized spacial score (nSPS) is 10.1. The number of ketones is 1. The van der Waals surface area contributed by atoms with Gasteiger partial charge in [-0.05, 0) is 5.56 Å². The van der Waals surface area contributed by atoms with Gasteiger partial charge >= 0.3 is 0 Å². The van der Waals surface area contributed by atoms with Gasteiger partial charge in [0.1, 0.15) is 5.78 Å². The van der Waals surface area contributed by atoms with E-state index >= 15 is 0 Å². The van der Waals surface area contributed by atoms with Crippen LogP contribution in [-0.4, -0.2) is 11.5 Å². The van der Waals surface area contributed by atoms with Gasteiger partial charge in [0.05, 0.1) is 0 Å². The van der Waals surface area contributed by atoms with Crippen LogP contribution >= 0.6 is 11.8 Å². The van der Waals surface area contributed by atoms with E-state index in [1.165, 1.54) is 5.56 Å². The molecular weight excluding hydrogens is 192 g/mol. The van der Waals surface area contributed by atoms with Gasteiger partial charge in [-0.15, -0.1) is 0 Å². The minimum atomic E-state index is 0.366. The summed E-state index contributed by atoms with van der Waals surface area (Å²) in [5.74, 6) is 2.32. The average Bonchev–Trinajstić information content (AvgIpc) is 2.25. The highest BCUT2D eigenvalue weighted by Gasteiger charge is 1.98. The highest BCUT2D eigenvalue weighted by molar-refractivity contribution is 7.98. The zero-order valence-corrected chi connectivity index (χ0v) is 9.35. The van der Waals surface area contributed by atoms with E-state index in [0.717, 1.165) is 11.5 Å². The Morgan fingerprint density at radius 1 is 1.29 bits per heavy atom. The van der Waals surface area contributed by atoms with Gasteiger partial charge in [0.2, 0.25) is 0 Å². The number of hydrogen-bond donors (Lipinski definition) is 0. The van der Waals surface area contributed by atoms with E-state index in [4.69, 9.17) is 0 Å². The molecule has 1 aromatic carbocycles. The SMILES string of the molecule is CCC(=O)CCSCc1ccccc1. The number of Topliss-reactive ketones (excluding diaryl/α,β-unsaturated/α-hetero) is 1. The molecular formula is C12H16OS. The summed E-state index contributed by atoms with van der Waals surface area (Å²) in [6, 6.07) is 10.4. The van der Waals surface area contributed by atoms with E-state index in [2.05, 4.69) is 12.1 Å². The zero-order valence-electron chi connectivity index (χ0n) is 8.53. The van der Waals surface area contributed by atoms with E-state index in [1.807, 2.05) is 36.9 Å². The molecule has 1 rings (SSSR count). The third-order valence-electron chi connectivity index (χ3n) is 2.03. The van der Waals surface area contributed by atoms with Crippen molar-refractivity contribution in [2.75, 3.05) is 5.75 Å². The number of hydrogen-bond acceptors (Lipinski definition) is 2. The maximum absolute atomic E-state index is 11.0. The van der Waals surface area contributed by atoms with E-state index in [9.17, 15) is 4.79 Å². The number of rotatable bonds is 6. The van der Waals surface area contributed by atoms with Crippen LogP contribution in [0.1, 0.15) is 25.3 Å². The highest BCUT2D eigenvalue weighted by Crippen LogP contribution is 2.12. The summed E-state index contributed by atoms with van der Waals surface area (Å²) in [7, 11) is 0. The summed E-state index contributed by atoms with van der Waals surface area (Å²) < 4.78 is 0. The maximum Gasteiger partial charge on any atom is 0.133 e. The highest BCUT2D eigenvalue weighted by atomic mass is 32.2. The predicted octanol–water partition coefficient (Wildman–Crippen LogP) is 3.29. The van der Waals surface area contributed by atoms with E-state index in [1.54, 1.807) is 0 Å². The lowest BCUT2D eigenvalue weighted by molar-refractivity contribution is -0.118. The lowest BCUT2D eigenvalue weighted by atomic mass is 10.2. The van der Waals surface area contributed by atoms with Crippen molar-refractivity contribution in [2.45, 2.75) is 25.5 Å². The Bertz CT molecular complexity index is 269. The molecule has 0 aliphatic heterocycles. The number of carbonyl (C=O) groups excluding carboxylic acids is 1. The molecule has 1 nitrogen and oxygen atoms in total. The van der Waals surface area contributed by atoms with Gasteiger partial charge in [-0.25, -0.2) is 0 Å². The van der Waals surface area contributed by atoms with Crippen LogP contribution in [0.15, 0.2) is 30.3 Å². The Hall–Kier alpha value is -0.760. The number of carbonyl (C=O) groups is 1. The van der Waals surface area contributed by atoms with Gasteiger partial charge in [-0.2, -0.15) is 11.8 Å². The van der Waals surface area contributed by atoms with E-state index in [-0.39, 0.29) is 0 Å². The largest absolute Gasteiger partial charge is 0.300 e. The maximum atomic E-state index is 11.0. The van der Waals surface area contributed by atoms with Gasteiger partial charge < -0.3 is 0 Å². The smallest absolute Gasteiger partial charge is 0.133 e. The van der Waals surface area contributed by atoms with Crippen LogP contribution in [0.2, 0.25) is 0 Å². The standard InChI is InChI=1S/C12H16OS/c1-2-12(13)8-9-14-10-11-6-4-3-5-7-11/h3-7H,2,8-10H2,1H3. The van der Waals surface area contributed by atoms with Crippen molar-refractivity contribution >= 4 is 17.5 Å². The lowest BCUT2D eigenvalue weighted by Gasteiger charge is -2.00. The molecule has 14 heavy (non-hydrogen) atoms. The Morgan fingerprint density at radius 2 is 2.00 bits per heavy atom. The first kappa shape index (κ1) is 11.3. The molecule has 0 saturated carbocycles. The average molecular weight is 208 g/mol. The molecule has 0 aliphatic rings. The molecule has 0 aromatic heterocycles. The van der Waals surface area contributed by atoms with Crippen LogP contribution in [0.3, 0.4) is 0 Å². The molecule has 0 radical (unpaired) electrons. The minimum Gasteiger partial charge on any atom is -0.300 e. The zero-order chi connectivity index (χ0) is 10.2. The van der Waals surface area contributed by atoms with Crippen LogP contribution in [0.25, 0.3) is 0 Å². The quantitative estimate of drug-likeness (QED) is 0.667. The van der Waals surface area contributed by atoms with Crippen molar-refractivity contribution in [3.8, 4) is 0 Å². The second-order valence-corrected chi connectivity index (χ2v) is 4.29. The molecule has 0 N–H and O–H groups in total. The predicted molar refractivity (Wildman–Crippen MR) is 62.5 cm³/mol. The molecule has 0 saturated heterocycles. The van der Waals surface area contributed by atoms with Crippen molar-refractivity contribution in [1.29, 1.82) is 0 Å². The van der Waals surface area contributed by atoms with Crippen LogP contribution < -0.4 is 0 Å². The Kier molecular flexibility index (Phi) is 5.38. The second kappa shape index (κ2) is 6.66. The van der Waals surface area contributed by atoms with Crippen LogP contribution in [0.5, 0.6) is 0 Å². The fraction of sp³-hybridized carbons (Fsp3) is 0.417. The summed E-state index contributed by atoms with van der Waals surface area (Å²) in [4.78, 5) is 11.0. The van der Waals surface area contributed by atoms with Crippen LogP contribution in [0, 0.1) is 0 Å². The summed E-state index contributed by atoms with van der Waals surface area (Å²) in [5.41, 5.74) is 1.33. The molecule has 0 unspecified atom stereocenters. The summed E-state index contributed by atoms with van der Waals surface area (Å²) in [5, 5.41) is 0. The lowest BCUT2D eigenvalue weighted by Crippen LogP contribution is -1.96. The minimum absolute atomic E-state index is 0.366. The van der Waals surface area contributed by atoms with E-state index in [0.29, 0.717) is 18.6 Å². The molecule has 0 fully saturated rings. The first-order valence-corrected chi connectivity index (χ1v) is 6.11. The molecule has 0 spiro atoms. The van der Waals surface area contributed by atoms with Gasteiger partial charge in [0, 0.05) is 24.3 Å². The fourth-order valence-corrected chi connectivity index (χ4v) is 2.07. The van der Waals surface area contributed by atoms with Crippen LogP contribution in [-0.2, 0) is 10.5 Å². The summed E-state index contributed by atoms with van der Waals surface area (Å²) >= 11 is 1.83. The second-order valence-electron chi connectivity index (χ2n) is 3.18. The van der Waals surface area contributed by atoms with Crippen LogP contribution in [0.4, 0.5) is 0 Å². The Labute approximate surface area is 89.9 Å². The summed E-state index contributed by atoms with van der Waals surface area (Å²) in [6.45, 7) is 1.92. The van der Waals surface area contributed by atoms with Gasteiger partial charge in [-0.3, -0.25) is 4.79 Å². The van der Waals surface area contributed by atoms with Crippen molar-refractivity contribution in [2.24, 2.45) is 0 Å². The van der Waals surface area contributed by atoms with Gasteiger partial charge in [0.25, 0.3) is 0 Å². The molecule has 0 amide bonds. The molecule has 0 aliphatic carbocycles. The topological polar surface area (TPSA) is 17.1 Å². The van der Waals surface area contributed by atoms with Gasteiger partial charge in [0.15, 0.2) is 0 Å². The molecule has 0 atom stereocenters. The third-order valence-corrected chi connectivity index (χ3v) is 3.06. The number of thioether (sulfide) groups is 1.